The summed E-state index contributed by atoms with van der Waals surface area (Å²) in [6.07, 6.45) is 4.29. The molecule has 0 saturated carbocycles. The third-order valence-electron chi connectivity index (χ3n) is 2.67. The Hall–Kier alpha value is -0.990. The van der Waals surface area contributed by atoms with Crippen LogP contribution in [0.2, 0.25) is 0 Å². The Labute approximate surface area is 104 Å². The fourth-order valence-corrected chi connectivity index (χ4v) is 3.26. The SMILES string of the molecule is N#Cc1c(NC(=O)C[S])sc2c1CCCC2. The van der Waals surface area contributed by atoms with E-state index in [1.165, 1.54) is 22.6 Å². The number of anilines is 1. The minimum atomic E-state index is -0.204. The number of nitrogens with one attached hydrogen (secondary N) is 1. The molecule has 1 radical (unpaired) electrons. The van der Waals surface area contributed by atoms with E-state index in [4.69, 9.17) is 5.26 Å². The number of nitriles is 1. The van der Waals surface area contributed by atoms with Crippen LogP contribution in [0.3, 0.4) is 0 Å². The van der Waals surface area contributed by atoms with Gasteiger partial charge in [0.1, 0.15) is 11.1 Å². The van der Waals surface area contributed by atoms with Gasteiger partial charge in [-0.2, -0.15) is 5.26 Å². The summed E-state index contributed by atoms with van der Waals surface area (Å²) in [6.45, 7) is 0. The minimum Gasteiger partial charge on any atom is -0.316 e. The van der Waals surface area contributed by atoms with E-state index < -0.39 is 0 Å². The molecule has 0 unspecified atom stereocenters. The zero-order chi connectivity index (χ0) is 11.5. The lowest BCUT2D eigenvalue weighted by Crippen LogP contribution is -2.12. The van der Waals surface area contributed by atoms with Crippen LogP contribution in [0.1, 0.15) is 28.8 Å². The first-order chi connectivity index (χ1) is 7.76. The van der Waals surface area contributed by atoms with Gasteiger partial charge in [-0.1, -0.05) is 12.6 Å². The summed E-state index contributed by atoms with van der Waals surface area (Å²) >= 11 is 6.20. The molecular formula is C11H11N2OS2. The minimum absolute atomic E-state index is 0.0352. The van der Waals surface area contributed by atoms with Crippen LogP contribution in [0.25, 0.3) is 0 Å². The predicted octanol–water partition coefficient (Wildman–Crippen LogP) is 2.63. The van der Waals surface area contributed by atoms with Crippen molar-refractivity contribution in [3.05, 3.63) is 16.0 Å². The summed E-state index contributed by atoms with van der Waals surface area (Å²) in [7, 11) is 0. The third kappa shape index (κ3) is 2.08. The van der Waals surface area contributed by atoms with Crippen molar-refractivity contribution in [3.63, 3.8) is 0 Å². The number of hydrogen-bond acceptors (Lipinski definition) is 3. The van der Waals surface area contributed by atoms with Crippen molar-refractivity contribution in [1.29, 1.82) is 5.26 Å². The molecule has 3 nitrogen and oxygen atoms in total. The van der Waals surface area contributed by atoms with E-state index in [-0.39, 0.29) is 11.7 Å². The zero-order valence-corrected chi connectivity index (χ0v) is 10.3. The van der Waals surface area contributed by atoms with Crippen molar-refractivity contribution in [1.82, 2.24) is 0 Å². The highest BCUT2D eigenvalue weighted by Crippen LogP contribution is 2.37. The summed E-state index contributed by atoms with van der Waals surface area (Å²) in [5.41, 5.74) is 1.79. The maximum Gasteiger partial charge on any atom is 0.235 e. The van der Waals surface area contributed by atoms with Gasteiger partial charge < -0.3 is 5.32 Å². The number of nitrogens with zero attached hydrogens (tertiary/aromatic N) is 1. The first-order valence-electron chi connectivity index (χ1n) is 5.19. The van der Waals surface area contributed by atoms with Crippen LogP contribution in [0.5, 0.6) is 0 Å². The molecule has 0 aromatic carbocycles. The molecule has 0 bridgehead atoms. The Balaban J connectivity index is 2.35. The molecule has 5 heteroatoms. The van der Waals surface area contributed by atoms with Gasteiger partial charge in [-0.05, 0) is 31.2 Å². The Morgan fingerprint density at radius 3 is 2.94 bits per heavy atom. The van der Waals surface area contributed by atoms with Crippen molar-refractivity contribution in [3.8, 4) is 6.07 Å². The van der Waals surface area contributed by atoms with Crippen LogP contribution < -0.4 is 5.32 Å². The van der Waals surface area contributed by atoms with Crippen LogP contribution >= 0.6 is 24.0 Å². The molecule has 0 aliphatic heterocycles. The zero-order valence-electron chi connectivity index (χ0n) is 8.71. The van der Waals surface area contributed by atoms with Gasteiger partial charge in [-0.25, -0.2) is 0 Å². The van der Waals surface area contributed by atoms with E-state index in [9.17, 15) is 4.79 Å². The van der Waals surface area contributed by atoms with E-state index in [0.29, 0.717) is 10.6 Å². The molecule has 1 aliphatic carbocycles. The number of carbonyl (C=O) groups is 1. The highest BCUT2D eigenvalue weighted by atomic mass is 32.1. The van der Waals surface area contributed by atoms with Gasteiger partial charge in [0.2, 0.25) is 5.91 Å². The highest BCUT2D eigenvalue weighted by molar-refractivity contribution is 7.81. The summed E-state index contributed by atoms with van der Waals surface area (Å²) in [6, 6.07) is 2.19. The Morgan fingerprint density at radius 1 is 1.50 bits per heavy atom. The number of hydrogen-bond donors (Lipinski definition) is 1. The molecule has 1 amide bonds. The molecule has 1 aromatic rings. The average Bonchev–Trinajstić information content (AvgIpc) is 2.65. The fourth-order valence-electron chi connectivity index (χ4n) is 1.93. The van der Waals surface area contributed by atoms with E-state index in [2.05, 4.69) is 24.0 Å². The average molecular weight is 251 g/mol. The lowest BCUT2D eigenvalue weighted by molar-refractivity contribution is -0.113. The van der Waals surface area contributed by atoms with Crippen molar-refractivity contribution >= 4 is 34.9 Å². The Kier molecular flexibility index (Phi) is 3.52. The van der Waals surface area contributed by atoms with Gasteiger partial charge in [0.25, 0.3) is 0 Å². The molecule has 1 aromatic heterocycles. The predicted molar refractivity (Wildman–Crippen MR) is 66.8 cm³/mol. The highest BCUT2D eigenvalue weighted by Gasteiger charge is 2.21. The second-order valence-electron chi connectivity index (χ2n) is 3.72. The van der Waals surface area contributed by atoms with Crippen LogP contribution in [-0.4, -0.2) is 11.7 Å². The van der Waals surface area contributed by atoms with E-state index in [1.54, 1.807) is 0 Å². The van der Waals surface area contributed by atoms with Gasteiger partial charge in [0.15, 0.2) is 0 Å². The first-order valence-corrected chi connectivity index (χ1v) is 6.58. The first kappa shape index (κ1) is 11.5. The van der Waals surface area contributed by atoms with Crippen LogP contribution in [0.4, 0.5) is 5.00 Å². The molecule has 83 valence electrons. The smallest absolute Gasteiger partial charge is 0.235 e. The van der Waals surface area contributed by atoms with Gasteiger partial charge in [-0.3, -0.25) is 4.79 Å². The quantitative estimate of drug-likeness (QED) is 0.878. The summed E-state index contributed by atoms with van der Waals surface area (Å²) in [4.78, 5) is 12.5. The number of fused-ring (bicyclic) bond motifs is 1. The normalized spacial score (nSPS) is 14.0. The molecule has 16 heavy (non-hydrogen) atoms. The van der Waals surface area contributed by atoms with E-state index >= 15 is 0 Å². The molecule has 0 fully saturated rings. The summed E-state index contributed by atoms with van der Waals surface area (Å²) in [5, 5.41) is 12.5. The van der Waals surface area contributed by atoms with Gasteiger partial charge in [0, 0.05) is 4.88 Å². The van der Waals surface area contributed by atoms with Gasteiger partial charge in [-0.15, -0.1) is 11.3 Å². The lowest BCUT2D eigenvalue weighted by atomic mass is 9.96. The maximum absolute atomic E-state index is 11.2. The molecule has 0 atom stereocenters. The molecule has 1 N–H and O–H groups in total. The van der Waals surface area contributed by atoms with Gasteiger partial charge >= 0.3 is 0 Å². The van der Waals surface area contributed by atoms with Crippen LogP contribution in [0, 0.1) is 11.3 Å². The number of rotatable bonds is 2. The van der Waals surface area contributed by atoms with Crippen molar-refractivity contribution < 1.29 is 4.79 Å². The topological polar surface area (TPSA) is 52.9 Å². The number of thiophene rings is 1. The third-order valence-corrected chi connectivity index (χ3v) is 4.14. The van der Waals surface area contributed by atoms with E-state index in [1.807, 2.05) is 0 Å². The largest absolute Gasteiger partial charge is 0.316 e. The van der Waals surface area contributed by atoms with Crippen LogP contribution in [-0.2, 0) is 17.6 Å². The Morgan fingerprint density at radius 2 is 2.25 bits per heavy atom. The molecule has 0 saturated heterocycles. The number of amides is 1. The number of carbonyl (C=O) groups excluding carboxylic acids is 1. The van der Waals surface area contributed by atoms with Crippen LogP contribution in [0.15, 0.2) is 0 Å². The molecule has 1 heterocycles. The molecular weight excluding hydrogens is 240 g/mol. The standard InChI is InChI=1S/C11H11N2OS2/c12-5-8-7-3-1-2-4-9(7)16-11(8)13-10(14)6-15/h1-4,6H2,(H,13,14). The Bertz CT molecular complexity index is 459. The monoisotopic (exact) mass is 251 g/mol. The summed E-state index contributed by atoms with van der Waals surface area (Å²) < 4.78 is 0. The summed E-state index contributed by atoms with van der Waals surface area (Å²) in [5.74, 6) is -0.168. The van der Waals surface area contributed by atoms with Crippen molar-refractivity contribution in [2.45, 2.75) is 25.7 Å². The number of aryl methyl sites for hydroxylation is 1. The second kappa shape index (κ2) is 4.89. The van der Waals surface area contributed by atoms with Crippen molar-refractivity contribution in [2.75, 3.05) is 11.1 Å². The lowest BCUT2D eigenvalue weighted by Gasteiger charge is -2.09. The molecule has 0 spiro atoms. The maximum atomic E-state index is 11.2. The van der Waals surface area contributed by atoms with Gasteiger partial charge in [0.05, 0.1) is 11.3 Å². The van der Waals surface area contributed by atoms with Crippen molar-refractivity contribution in [2.24, 2.45) is 0 Å². The van der Waals surface area contributed by atoms with E-state index in [0.717, 1.165) is 24.8 Å². The fraction of sp³-hybridized carbons (Fsp3) is 0.455. The molecule has 2 rings (SSSR count). The molecule has 1 aliphatic rings. The second-order valence-corrected chi connectivity index (χ2v) is 5.11.